The van der Waals surface area contributed by atoms with Crippen molar-refractivity contribution in [2.45, 2.75) is 51.2 Å². The smallest absolute Gasteiger partial charge is 0.264 e. The van der Waals surface area contributed by atoms with Crippen LogP contribution in [-0.4, -0.2) is 50.9 Å². The molecule has 1 atom stereocenters. The minimum absolute atomic E-state index is 0.0214. The number of rotatable bonds is 11. The van der Waals surface area contributed by atoms with Crippen LogP contribution in [0.25, 0.3) is 0 Å². The highest BCUT2D eigenvalue weighted by Crippen LogP contribution is 2.33. The van der Waals surface area contributed by atoms with Gasteiger partial charge < -0.3 is 15.0 Å². The second-order valence-electron chi connectivity index (χ2n) is 9.63. The maximum atomic E-state index is 14.0. The van der Waals surface area contributed by atoms with Crippen molar-refractivity contribution < 1.29 is 22.7 Å². The van der Waals surface area contributed by atoms with Gasteiger partial charge in [-0.1, -0.05) is 53.0 Å². The minimum atomic E-state index is -4.27. The summed E-state index contributed by atoms with van der Waals surface area (Å²) in [4.78, 5) is 28.3. The first-order chi connectivity index (χ1) is 18.8. The molecule has 40 heavy (non-hydrogen) atoms. The number of carbonyl (C=O) groups is 2. The molecule has 0 aliphatic rings. The number of ether oxygens (including phenoxy) is 1. The number of amides is 2. The third-order valence-corrected chi connectivity index (χ3v) is 8.48. The Kier molecular flexibility index (Phi) is 10.5. The first-order valence-electron chi connectivity index (χ1n) is 12.6. The minimum Gasteiger partial charge on any atom is -0.497 e. The molecule has 8 nitrogen and oxygen atoms in total. The maximum Gasteiger partial charge on any atom is 0.264 e. The number of anilines is 1. The standard InChI is InChI=1S/C29H33Cl2N3O5S/c1-19(2)32-29(36)21(4)33(17-22-7-6-8-24(15-22)39-5)28(35)18-34(27-16-23(30)11-14-26(27)31)40(37,38)25-12-9-20(3)10-13-25/h6-16,19,21H,17-18H2,1-5H3,(H,32,36)/t21-/m0/s1. The van der Waals surface area contributed by atoms with E-state index in [1.54, 1.807) is 43.3 Å². The molecule has 0 bridgehead atoms. The number of hydrogen-bond acceptors (Lipinski definition) is 5. The molecule has 2 amide bonds. The number of aryl methyl sites for hydroxylation is 1. The Balaban J connectivity index is 2.08. The number of benzene rings is 3. The number of methoxy groups -OCH3 is 1. The van der Waals surface area contributed by atoms with Crippen LogP contribution in [0.1, 0.15) is 31.9 Å². The van der Waals surface area contributed by atoms with Crippen LogP contribution >= 0.6 is 23.2 Å². The Bertz CT molecular complexity index is 1460. The second kappa shape index (κ2) is 13.4. The summed E-state index contributed by atoms with van der Waals surface area (Å²) < 4.78 is 34.1. The zero-order valence-electron chi connectivity index (χ0n) is 23.0. The molecule has 0 aromatic heterocycles. The Morgan fingerprint density at radius 3 is 2.27 bits per heavy atom. The van der Waals surface area contributed by atoms with Crippen molar-refractivity contribution in [3.63, 3.8) is 0 Å². The summed E-state index contributed by atoms with van der Waals surface area (Å²) in [5.41, 5.74) is 1.62. The molecule has 0 aliphatic carbocycles. The molecule has 3 aromatic rings. The van der Waals surface area contributed by atoms with Crippen LogP contribution in [0.5, 0.6) is 5.75 Å². The molecular formula is C29H33Cl2N3O5S. The quantitative estimate of drug-likeness (QED) is 0.313. The molecule has 11 heteroatoms. The number of carbonyl (C=O) groups excluding carboxylic acids is 2. The van der Waals surface area contributed by atoms with E-state index < -0.39 is 28.5 Å². The summed E-state index contributed by atoms with van der Waals surface area (Å²) in [6, 6.07) is 16.7. The predicted molar refractivity (Wildman–Crippen MR) is 158 cm³/mol. The lowest BCUT2D eigenvalue weighted by Gasteiger charge is -2.32. The first-order valence-corrected chi connectivity index (χ1v) is 14.8. The van der Waals surface area contributed by atoms with Crippen LogP contribution in [0.2, 0.25) is 10.0 Å². The van der Waals surface area contributed by atoms with Gasteiger partial charge in [0.1, 0.15) is 18.3 Å². The van der Waals surface area contributed by atoms with Crippen LogP contribution in [0.15, 0.2) is 71.6 Å². The highest BCUT2D eigenvalue weighted by molar-refractivity contribution is 7.92. The number of nitrogens with zero attached hydrogens (tertiary/aromatic N) is 2. The molecule has 0 saturated heterocycles. The van der Waals surface area contributed by atoms with Crippen LogP contribution in [-0.2, 0) is 26.2 Å². The fourth-order valence-corrected chi connectivity index (χ4v) is 5.84. The first kappa shape index (κ1) is 31.3. The lowest BCUT2D eigenvalue weighted by atomic mass is 10.1. The van der Waals surface area contributed by atoms with Crippen molar-refractivity contribution in [1.29, 1.82) is 0 Å². The van der Waals surface area contributed by atoms with Gasteiger partial charge in [-0.25, -0.2) is 8.42 Å². The summed E-state index contributed by atoms with van der Waals surface area (Å²) in [6.45, 7) is 6.47. The summed E-state index contributed by atoms with van der Waals surface area (Å²) in [5.74, 6) is -0.403. The molecule has 0 heterocycles. The lowest BCUT2D eigenvalue weighted by Crippen LogP contribution is -2.52. The average Bonchev–Trinajstić information content (AvgIpc) is 2.91. The SMILES string of the molecule is COc1cccc(CN(C(=O)CN(c2cc(Cl)ccc2Cl)S(=O)(=O)c2ccc(C)cc2)[C@@H](C)C(=O)NC(C)C)c1. The predicted octanol–water partition coefficient (Wildman–Crippen LogP) is 5.45. The van der Waals surface area contributed by atoms with E-state index in [1.165, 1.54) is 42.3 Å². The zero-order valence-corrected chi connectivity index (χ0v) is 25.3. The number of hydrogen-bond donors (Lipinski definition) is 1. The number of sulfonamides is 1. The molecule has 0 aliphatic heterocycles. The van der Waals surface area contributed by atoms with Gasteiger partial charge in [0.25, 0.3) is 10.0 Å². The fraction of sp³-hybridized carbons (Fsp3) is 0.310. The summed E-state index contributed by atoms with van der Waals surface area (Å²) in [5, 5.41) is 3.16. The normalized spacial score (nSPS) is 12.1. The van der Waals surface area contributed by atoms with Gasteiger partial charge in [-0.2, -0.15) is 0 Å². The van der Waals surface area contributed by atoms with E-state index in [1.807, 2.05) is 20.8 Å². The van der Waals surface area contributed by atoms with Crippen molar-refractivity contribution in [3.8, 4) is 5.75 Å². The number of halogens is 2. The van der Waals surface area contributed by atoms with E-state index >= 15 is 0 Å². The molecule has 0 saturated carbocycles. The van der Waals surface area contributed by atoms with E-state index in [9.17, 15) is 18.0 Å². The monoisotopic (exact) mass is 605 g/mol. The van der Waals surface area contributed by atoms with Gasteiger partial charge in [-0.3, -0.25) is 13.9 Å². The summed E-state index contributed by atoms with van der Waals surface area (Å²) in [6.07, 6.45) is 0. The van der Waals surface area contributed by atoms with Crippen molar-refractivity contribution in [1.82, 2.24) is 10.2 Å². The van der Waals surface area contributed by atoms with Crippen molar-refractivity contribution in [2.24, 2.45) is 0 Å². The van der Waals surface area contributed by atoms with Gasteiger partial charge in [0, 0.05) is 17.6 Å². The Morgan fingerprint density at radius 1 is 0.975 bits per heavy atom. The molecule has 0 unspecified atom stereocenters. The van der Waals surface area contributed by atoms with Gasteiger partial charge in [0.05, 0.1) is 22.7 Å². The molecule has 0 radical (unpaired) electrons. The van der Waals surface area contributed by atoms with E-state index in [-0.39, 0.29) is 39.1 Å². The van der Waals surface area contributed by atoms with Crippen molar-refractivity contribution >= 4 is 50.7 Å². The third kappa shape index (κ3) is 7.68. The largest absolute Gasteiger partial charge is 0.497 e. The Labute approximate surface area is 245 Å². The van der Waals surface area contributed by atoms with Gasteiger partial charge >= 0.3 is 0 Å². The Morgan fingerprint density at radius 2 is 1.65 bits per heavy atom. The fourth-order valence-electron chi connectivity index (χ4n) is 3.98. The van der Waals surface area contributed by atoms with Crippen molar-refractivity contribution in [3.05, 3.63) is 87.9 Å². The lowest BCUT2D eigenvalue weighted by molar-refractivity contribution is -0.139. The van der Waals surface area contributed by atoms with Crippen molar-refractivity contribution in [2.75, 3.05) is 18.0 Å². The van der Waals surface area contributed by atoms with E-state index in [0.29, 0.717) is 11.3 Å². The average molecular weight is 607 g/mol. The van der Waals surface area contributed by atoms with Crippen LogP contribution < -0.4 is 14.4 Å². The highest BCUT2D eigenvalue weighted by atomic mass is 35.5. The molecule has 3 aromatic carbocycles. The van der Waals surface area contributed by atoms with E-state index in [4.69, 9.17) is 27.9 Å². The van der Waals surface area contributed by atoms with E-state index in [2.05, 4.69) is 5.32 Å². The molecule has 0 fully saturated rings. The third-order valence-electron chi connectivity index (χ3n) is 6.15. The van der Waals surface area contributed by atoms with Crippen LogP contribution in [0.3, 0.4) is 0 Å². The molecule has 1 N–H and O–H groups in total. The summed E-state index contributed by atoms with van der Waals surface area (Å²) in [7, 11) is -2.73. The highest BCUT2D eigenvalue weighted by Gasteiger charge is 2.33. The summed E-state index contributed by atoms with van der Waals surface area (Å²) >= 11 is 12.7. The molecule has 214 valence electrons. The van der Waals surface area contributed by atoms with Gasteiger partial charge in [0.15, 0.2) is 0 Å². The van der Waals surface area contributed by atoms with Gasteiger partial charge in [0.2, 0.25) is 11.8 Å². The van der Waals surface area contributed by atoms with Crippen LogP contribution in [0, 0.1) is 6.92 Å². The number of nitrogens with one attached hydrogen (secondary N) is 1. The van der Waals surface area contributed by atoms with Gasteiger partial charge in [-0.05, 0) is 75.7 Å². The zero-order chi connectivity index (χ0) is 29.6. The van der Waals surface area contributed by atoms with E-state index in [0.717, 1.165) is 9.87 Å². The Hall–Kier alpha value is -3.27. The molecule has 0 spiro atoms. The maximum absolute atomic E-state index is 14.0. The van der Waals surface area contributed by atoms with Crippen LogP contribution in [0.4, 0.5) is 5.69 Å². The molecule has 3 rings (SSSR count). The van der Waals surface area contributed by atoms with Gasteiger partial charge in [-0.15, -0.1) is 0 Å². The molecular weight excluding hydrogens is 573 g/mol. The second-order valence-corrected chi connectivity index (χ2v) is 12.3. The topological polar surface area (TPSA) is 96.0 Å².